The van der Waals surface area contributed by atoms with Crippen LogP contribution in [0.25, 0.3) is 71.6 Å². The Bertz CT molecular complexity index is 2790. The minimum absolute atomic E-state index is 1.10. The third-order valence-corrected chi connectivity index (χ3v) is 10.5. The van der Waals surface area contributed by atoms with Crippen LogP contribution in [-0.4, -0.2) is 9.13 Å². The maximum absolute atomic E-state index is 2.41. The van der Waals surface area contributed by atoms with Crippen molar-refractivity contribution < 1.29 is 0 Å². The molecule has 0 bridgehead atoms. The van der Waals surface area contributed by atoms with Gasteiger partial charge in [-0.1, -0.05) is 115 Å². The van der Waals surface area contributed by atoms with Gasteiger partial charge >= 0.3 is 0 Å². The molecule has 0 saturated carbocycles. The maximum atomic E-state index is 2.41. The van der Waals surface area contributed by atoms with Gasteiger partial charge in [0, 0.05) is 56.9 Å². The van der Waals surface area contributed by atoms with Crippen LogP contribution in [0.2, 0.25) is 0 Å². The lowest BCUT2D eigenvalue weighted by Crippen LogP contribution is -2.10. The molecule has 0 N–H and O–H groups in total. The van der Waals surface area contributed by atoms with Gasteiger partial charge in [0.05, 0.1) is 16.6 Å². The summed E-state index contributed by atoms with van der Waals surface area (Å²) in [5.41, 5.74) is 14.2. The molecule has 0 aliphatic heterocycles. The Morgan fingerprint density at radius 2 is 0.827 bits per heavy atom. The molecule has 0 radical (unpaired) electrons. The summed E-state index contributed by atoms with van der Waals surface area (Å²) >= 11 is 0. The summed E-state index contributed by atoms with van der Waals surface area (Å²) in [6.07, 6.45) is 0. The van der Waals surface area contributed by atoms with Gasteiger partial charge in [0.25, 0.3) is 0 Å². The molecule has 0 unspecified atom stereocenters. The Morgan fingerprint density at radius 3 is 1.44 bits per heavy atom. The molecule has 52 heavy (non-hydrogen) atoms. The third kappa shape index (κ3) is 4.90. The first-order chi connectivity index (χ1) is 25.7. The molecule has 0 amide bonds. The van der Waals surface area contributed by atoms with Gasteiger partial charge in [0.15, 0.2) is 0 Å². The van der Waals surface area contributed by atoms with Crippen LogP contribution in [0, 0.1) is 0 Å². The molecule has 0 fully saturated rings. The number of benzene rings is 8. The van der Waals surface area contributed by atoms with Gasteiger partial charge in [-0.2, -0.15) is 0 Å². The number of aromatic nitrogens is 2. The van der Waals surface area contributed by atoms with E-state index in [0.717, 1.165) is 22.7 Å². The number of para-hydroxylation sites is 2. The van der Waals surface area contributed by atoms with E-state index < -0.39 is 0 Å². The molecule has 8 aromatic carbocycles. The summed E-state index contributed by atoms with van der Waals surface area (Å²) in [7, 11) is 2.16. The molecule has 0 aliphatic carbocycles. The topological polar surface area (TPSA) is 13.1 Å². The number of fused-ring (bicyclic) bond motifs is 6. The number of aryl methyl sites for hydroxylation is 1. The van der Waals surface area contributed by atoms with Gasteiger partial charge in [-0.05, 0) is 101 Å². The van der Waals surface area contributed by atoms with Gasteiger partial charge in [-0.25, -0.2) is 0 Å². The van der Waals surface area contributed by atoms with Gasteiger partial charge in [-0.15, -0.1) is 0 Å². The molecule has 3 heteroatoms. The van der Waals surface area contributed by atoms with E-state index in [1.807, 2.05) is 0 Å². The fourth-order valence-corrected chi connectivity index (χ4v) is 7.98. The Morgan fingerprint density at radius 1 is 0.327 bits per heavy atom. The van der Waals surface area contributed by atoms with Crippen molar-refractivity contribution in [3.63, 3.8) is 0 Å². The highest BCUT2D eigenvalue weighted by molar-refractivity contribution is 6.12. The van der Waals surface area contributed by atoms with Crippen molar-refractivity contribution in [3.8, 4) is 27.9 Å². The quantitative estimate of drug-likeness (QED) is 0.172. The molecule has 0 spiro atoms. The summed E-state index contributed by atoms with van der Waals surface area (Å²) in [5, 5.41) is 5.03. The van der Waals surface area contributed by atoms with Crippen molar-refractivity contribution in [2.45, 2.75) is 0 Å². The van der Waals surface area contributed by atoms with Crippen LogP contribution >= 0.6 is 0 Å². The SMILES string of the molecule is Cn1c2ccccc2c2ccc(N(c3ccccc3)c3ccc(-n4c5ccc(-c6ccccc6)cc5c5cc(-c6ccccc6)ccc54)cc3)cc21. The van der Waals surface area contributed by atoms with Crippen LogP contribution in [0.5, 0.6) is 0 Å². The van der Waals surface area contributed by atoms with Crippen LogP contribution in [0.3, 0.4) is 0 Å². The van der Waals surface area contributed by atoms with E-state index in [1.165, 1.54) is 65.9 Å². The van der Waals surface area contributed by atoms with Crippen molar-refractivity contribution in [3.05, 3.63) is 194 Å². The Hall–Kier alpha value is -6.84. The molecular weight excluding hydrogens is 631 g/mol. The highest BCUT2D eigenvalue weighted by Gasteiger charge is 2.18. The summed E-state index contributed by atoms with van der Waals surface area (Å²) < 4.78 is 4.71. The van der Waals surface area contributed by atoms with Crippen LogP contribution in [-0.2, 0) is 7.05 Å². The average molecular weight is 666 g/mol. The number of nitrogens with zero attached hydrogens (tertiary/aromatic N) is 3. The monoisotopic (exact) mass is 665 g/mol. The normalized spacial score (nSPS) is 11.6. The van der Waals surface area contributed by atoms with Crippen LogP contribution < -0.4 is 4.90 Å². The van der Waals surface area contributed by atoms with E-state index in [0.29, 0.717) is 0 Å². The van der Waals surface area contributed by atoms with Gasteiger partial charge in [0.1, 0.15) is 0 Å². The van der Waals surface area contributed by atoms with Crippen molar-refractivity contribution in [1.82, 2.24) is 9.13 Å². The zero-order chi connectivity index (χ0) is 34.6. The van der Waals surface area contributed by atoms with E-state index in [-0.39, 0.29) is 0 Å². The standard InChI is InChI=1S/C49H35N3/c1-50-46-20-12-11-19-42(46)43-28-27-41(33-49(43)50)51(38-17-9-4-10-18-38)39-23-25-40(26-24-39)52-47-29-21-36(34-13-5-2-6-14-34)31-44(47)45-32-37(22-30-48(45)52)35-15-7-3-8-16-35/h2-33H,1H3. The third-order valence-electron chi connectivity index (χ3n) is 10.5. The lowest BCUT2D eigenvalue weighted by Gasteiger charge is -2.26. The second-order valence-electron chi connectivity index (χ2n) is 13.5. The van der Waals surface area contributed by atoms with Crippen molar-refractivity contribution in [2.75, 3.05) is 4.90 Å². The second kappa shape index (κ2) is 12.2. The smallest absolute Gasteiger partial charge is 0.0541 e. The summed E-state index contributed by atoms with van der Waals surface area (Å²) in [4.78, 5) is 2.35. The van der Waals surface area contributed by atoms with E-state index in [4.69, 9.17) is 0 Å². The fourth-order valence-electron chi connectivity index (χ4n) is 7.98. The minimum Gasteiger partial charge on any atom is -0.344 e. The first-order valence-corrected chi connectivity index (χ1v) is 17.8. The van der Waals surface area contributed by atoms with E-state index in [1.54, 1.807) is 0 Å². The molecule has 2 heterocycles. The summed E-state index contributed by atoms with van der Waals surface area (Å²) in [5.74, 6) is 0. The predicted octanol–water partition coefficient (Wildman–Crippen LogP) is 13.2. The predicted molar refractivity (Wildman–Crippen MR) is 220 cm³/mol. The van der Waals surface area contributed by atoms with Gasteiger partial charge in [-0.3, -0.25) is 0 Å². The highest BCUT2D eigenvalue weighted by Crippen LogP contribution is 2.40. The number of anilines is 3. The van der Waals surface area contributed by atoms with E-state index in [9.17, 15) is 0 Å². The first kappa shape index (κ1) is 30.0. The zero-order valence-corrected chi connectivity index (χ0v) is 28.8. The molecule has 2 aromatic heterocycles. The number of hydrogen-bond acceptors (Lipinski definition) is 1. The largest absolute Gasteiger partial charge is 0.344 e. The fraction of sp³-hybridized carbons (Fsp3) is 0.0204. The van der Waals surface area contributed by atoms with Crippen molar-refractivity contribution in [1.29, 1.82) is 0 Å². The van der Waals surface area contributed by atoms with Gasteiger partial charge in [0.2, 0.25) is 0 Å². The molecule has 0 aliphatic rings. The minimum atomic E-state index is 1.10. The molecule has 10 rings (SSSR count). The van der Waals surface area contributed by atoms with Gasteiger partial charge < -0.3 is 14.0 Å². The average Bonchev–Trinajstić information content (AvgIpc) is 3.70. The molecular formula is C49H35N3. The summed E-state index contributed by atoms with van der Waals surface area (Å²) in [6, 6.07) is 70.2. The Balaban J connectivity index is 1.12. The number of hydrogen-bond donors (Lipinski definition) is 0. The van der Waals surface area contributed by atoms with Crippen molar-refractivity contribution in [2.24, 2.45) is 7.05 Å². The van der Waals surface area contributed by atoms with Crippen molar-refractivity contribution >= 4 is 60.7 Å². The van der Waals surface area contributed by atoms with E-state index in [2.05, 4.69) is 215 Å². The van der Waals surface area contributed by atoms with Crippen LogP contribution in [0.1, 0.15) is 0 Å². The first-order valence-electron chi connectivity index (χ1n) is 17.8. The van der Waals surface area contributed by atoms with E-state index >= 15 is 0 Å². The lowest BCUT2D eigenvalue weighted by molar-refractivity contribution is 1.01. The molecule has 3 nitrogen and oxygen atoms in total. The molecule has 0 atom stereocenters. The Labute approximate surface area is 302 Å². The Kier molecular flexibility index (Phi) is 7.04. The van der Waals surface area contributed by atoms with Crippen LogP contribution in [0.15, 0.2) is 194 Å². The molecule has 10 aromatic rings. The lowest BCUT2D eigenvalue weighted by atomic mass is 10.0. The zero-order valence-electron chi connectivity index (χ0n) is 28.8. The molecule has 0 saturated heterocycles. The summed E-state index contributed by atoms with van der Waals surface area (Å²) in [6.45, 7) is 0. The highest BCUT2D eigenvalue weighted by atomic mass is 15.1. The second-order valence-corrected chi connectivity index (χ2v) is 13.5. The maximum Gasteiger partial charge on any atom is 0.0541 e. The van der Waals surface area contributed by atoms with Crippen LogP contribution in [0.4, 0.5) is 17.1 Å². The molecule has 246 valence electrons. The number of rotatable bonds is 6.